The van der Waals surface area contributed by atoms with Crippen LogP contribution in [0.5, 0.6) is 0 Å². The number of nitro groups is 1. The smallest absolute Gasteiger partial charge is 0.343 e. The van der Waals surface area contributed by atoms with Crippen LogP contribution in [-0.4, -0.2) is 26.4 Å². The number of nitrogens with one attached hydrogen (secondary N) is 1. The Kier molecular flexibility index (Phi) is 4.24. The second-order valence-electron chi connectivity index (χ2n) is 3.45. The quantitative estimate of drug-likeness (QED) is 0.509. The first kappa shape index (κ1) is 13.2. The highest BCUT2D eigenvalue weighted by molar-refractivity contribution is 7.99. The minimum Gasteiger partial charge on any atom is -0.364 e. The Labute approximate surface area is 113 Å². The third-order valence-electron chi connectivity index (χ3n) is 2.18. The van der Waals surface area contributed by atoms with Crippen molar-refractivity contribution in [3.8, 4) is 0 Å². The lowest BCUT2D eigenvalue weighted by Gasteiger charge is -2.06. The van der Waals surface area contributed by atoms with Crippen molar-refractivity contribution >= 4 is 23.3 Å². The Hall–Kier alpha value is -2.22. The monoisotopic (exact) mass is 277 g/mol. The molecule has 8 heteroatoms. The van der Waals surface area contributed by atoms with Gasteiger partial charge in [-0.05, 0) is 19.1 Å². The fourth-order valence-electron chi connectivity index (χ4n) is 1.42. The average Bonchev–Trinajstić information content (AvgIpc) is 2.40. The first-order valence-electron chi connectivity index (χ1n) is 5.53. The third-order valence-corrected chi connectivity index (χ3v) is 3.18. The predicted molar refractivity (Wildman–Crippen MR) is 71.2 cm³/mol. The van der Waals surface area contributed by atoms with Crippen LogP contribution in [0, 0.1) is 10.1 Å². The third kappa shape index (κ3) is 3.16. The highest BCUT2D eigenvalue weighted by atomic mass is 32.2. The molecule has 98 valence electrons. The zero-order chi connectivity index (χ0) is 13.7. The zero-order valence-corrected chi connectivity index (χ0v) is 10.9. The maximum atomic E-state index is 11.2. The van der Waals surface area contributed by atoms with Crippen molar-refractivity contribution in [2.75, 3.05) is 11.9 Å². The van der Waals surface area contributed by atoms with E-state index in [0.717, 1.165) is 4.90 Å². The summed E-state index contributed by atoms with van der Waals surface area (Å²) >= 11 is 1.21. The summed E-state index contributed by atoms with van der Waals surface area (Å²) in [5.74, 6) is 0.235. The number of anilines is 1. The molecule has 2 rings (SSSR count). The number of hydrogen-bond donors (Lipinski definition) is 1. The molecule has 0 saturated heterocycles. The second-order valence-corrected chi connectivity index (χ2v) is 4.51. The Balaban J connectivity index is 2.39. The molecule has 0 radical (unpaired) electrons. The summed E-state index contributed by atoms with van der Waals surface area (Å²) in [6, 6.07) is 3.53. The number of hydrogen-bond acceptors (Lipinski definition) is 7. The van der Waals surface area contributed by atoms with Crippen LogP contribution in [-0.2, 0) is 0 Å². The van der Waals surface area contributed by atoms with Crippen molar-refractivity contribution in [2.45, 2.75) is 16.8 Å². The summed E-state index contributed by atoms with van der Waals surface area (Å²) in [4.78, 5) is 23.3. The molecule has 2 aromatic heterocycles. The van der Waals surface area contributed by atoms with Crippen molar-refractivity contribution < 1.29 is 4.92 Å². The molecule has 0 aliphatic carbocycles. The maximum absolute atomic E-state index is 11.2. The fourth-order valence-corrected chi connectivity index (χ4v) is 2.27. The molecule has 1 N–H and O–H groups in total. The first-order chi connectivity index (χ1) is 9.22. The van der Waals surface area contributed by atoms with Gasteiger partial charge in [-0.25, -0.2) is 9.97 Å². The molecule has 0 spiro atoms. The van der Waals surface area contributed by atoms with Crippen molar-refractivity contribution in [1.82, 2.24) is 15.0 Å². The molecule has 19 heavy (non-hydrogen) atoms. The van der Waals surface area contributed by atoms with E-state index >= 15 is 0 Å². The molecular formula is C11H11N5O2S. The number of pyridine rings is 1. The molecule has 2 aromatic rings. The van der Waals surface area contributed by atoms with E-state index in [1.165, 1.54) is 18.1 Å². The van der Waals surface area contributed by atoms with E-state index in [-0.39, 0.29) is 11.5 Å². The Bertz CT molecular complexity index is 579. The summed E-state index contributed by atoms with van der Waals surface area (Å²) in [6.45, 7) is 2.40. The normalized spacial score (nSPS) is 10.2. The van der Waals surface area contributed by atoms with Crippen LogP contribution < -0.4 is 5.32 Å². The molecular weight excluding hydrogens is 266 g/mol. The van der Waals surface area contributed by atoms with E-state index in [4.69, 9.17) is 0 Å². The average molecular weight is 277 g/mol. The van der Waals surface area contributed by atoms with Gasteiger partial charge in [-0.2, -0.15) is 0 Å². The zero-order valence-electron chi connectivity index (χ0n) is 10.1. The van der Waals surface area contributed by atoms with E-state index in [2.05, 4.69) is 20.3 Å². The minimum absolute atomic E-state index is 0.105. The summed E-state index contributed by atoms with van der Waals surface area (Å²) in [6.07, 6.45) is 4.57. The van der Waals surface area contributed by atoms with Gasteiger partial charge in [0.15, 0.2) is 5.03 Å². The Morgan fingerprint density at radius 1 is 1.37 bits per heavy atom. The van der Waals surface area contributed by atoms with Gasteiger partial charge in [0, 0.05) is 23.8 Å². The van der Waals surface area contributed by atoms with Gasteiger partial charge >= 0.3 is 5.69 Å². The van der Waals surface area contributed by atoms with Gasteiger partial charge in [0.1, 0.15) is 6.33 Å². The minimum atomic E-state index is -0.471. The molecule has 0 bridgehead atoms. The molecule has 0 unspecified atom stereocenters. The van der Waals surface area contributed by atoms with Crippen LogP contribution in [0.15, 0.2) is 40.8 Å². The molecule has 0 fully saturated rings. The summed E-state index contributed by atoms with van der Waals surface area (Å²) < 4.78 is 0. The van der Waals surface area contributed by atoms with Crippen LogP contribution in [0.25, 0.3) is 0 Å². The van der Waals surface area contributed by atoms with Gasteiger partial charge in [0.25, 0.3) is 0 Å². The molecule has 0 saturated carbocycles. The van der Waals surface area contributed by atoms with Gasteiger partial charge in [-0.15, -0.1) is 0 Å². The van der Waals surface area contributed by atoms with Gasteiger partial charge < -0.3 is 5.32 Å². The Morgan fingerprint density at radius 2 is 2.11 bits per heavy atom. The lowest BCUT2D eigenvalue weighted by Crippen LogP contribution is -2.05. The van der Waals surface area contributed by atoms with E-state index in [1.807, 2.05) is 6.92 Å². The summed E-state index contributed by atoms with van der Waals surface area (Å²) in [5, 5.41) is 14.3. The molecule has 2 heterocycles. The molecule has 0 amide bonds. The topological polar surface area (TPSA) is 93.8 Å². The van der Waals surface area contributed by atoms with Crippen molar-refractivity contribution in [3.63, 3.8) is 0 Å². The van der Waals surface area contributed by atoms with Gasteiger partial charge in [-0.1, -0.05) is 11.8 Å². The van der Waals surface area contributed by atoms with E-state index in [1.54, 1.807) is 24.5 Å². The SMILES string of the molecule is CCNc1ncnc(Sc2ccncc2)c1[N+](=O)[O-]. The molecule has 0 atom stereocenters. The van der Waals surface area contributed by atoms with Gasteiger partial charge in [-0.3, -0.25) is 15.1 Å². The summed E-state index contributed by atoms with van der Waals surface area (Å²) in [7, 11) is 0. The van der Waals surface area contributed by atoms with Gasteiger partial charge in [0.05, 0.1) is 4.92 Å². The van der Waals surface area contributed by atoms with Crippen molar-refractivity contribution in [2.24, 2.45) is 0 Å². The number of rotatable bonds is 5. The van der Waals surface area contributed by atoms with Crippen molar-refractivity contribution in [3.05, 3.63) is 41.0 Å². The standard InChI is InChI=1S/C11H11N5O2S/c1-2-13-10-9(16(17)18)11(15-7-14-10)19-8-3-5-12-6-4-8/h3-7H,2H2,1H3,(H,13,14,15). The lowest BCUT2D eigenvalue weighted by atomic mass is 10.4. The predicted octanol–water partition coefficient (Wildman–Crippen LogP) is 2.36. The van der Waals surface area contributed by atoms with Crippen LogP contribution in [0.1, 0.15) is 6.92 Å². The summed E-state index contributed by atoms with van der Waals surface area (Å²) in [5.41, 5.74) is -0.105. The van der Waals surface area contributed by atoms with Crippen LogP contribution >= 0.6 is 11.8 Å². The highest BCUT2D eigenvalue weighted by Crippen LogP contribution is 2.35. The fraction of sp³-hybridized carbons (Fsp3) is 0.182. The van der Waals surface area contributed by atoms with E-state index in [9.17, 15) is 10.1 Å². The number of nitrogens with zero attached hydrogens (tertiary/aromatic N) is 4. The molecule has 0 aromatic carbocycles. The Morgan fingerprint density at radius 3 is 2.74 bits per heavy atom. The second kappa shape index (κ2) is 6.10. The number of aromatic nitrogens is 3. The first-order valence-corrected chi connectivity index (χ1v) is 6.35. The molecule has 0 aliphatic rings. The lowest BCUT2D eigenvalue weighted by molar-refractivity contribution is -0.387. The highest BCUT2D eigenvalue weighted by Gasteiger charge is 2.23. The van der Waals surface area contributed by atoms with E-state index in [0.29, 0.717) is 11.6 Å². The maximum Gasteiger partial charge on any atom is 0.343 e. The van der Waals surface area contributed by atoms with Gasteiger partial charge in [0.2, 0.25) is 5.82 Å². The van der Waals surface area contributed by atoms with E-state index < -0.39 is 4.92 Å². The van der Waals surface area contributed by atoms with Crippen LogP contribution in [0.3, 0.4) is 0 Å². The van der Waals surface area contributed by atoms with Crippen molar-refractivity contribution in [1.29, 1.82) is 0 Å². The van der Waals surface area contributed by atoms with Crippen LogP contribution in [0.2, 0.25) is 0 Å². The van der Waals surface area contributed by atoms with Crippen LogP contribution in [0.4, 0.5) is 11.5 Å². The molecule has 0 aliphatic heterocycles. The largest absolute Gasteiger partial charge is 0.364 e. The molecule has 7 nitrogen and oxygen atoms in total.